The lowest BCUT2D eigenvalue weighted by molar-refractivity contribution is -0.119. The Bertz CT molecular complexity index is 726. The van der Waals surface area contributed by atoms with Crippen molar-refractivity contribution in [1.82, 2.24) is 0 Å². The summed E-state index contributed by atoms with van der Waals surface area (Å²) in [5.41, 5.74) is 3.13. The zero-order chi connectivity index (χ0) is 16.4. The fraction of sp³-hybridized carbons (Fsp3) is 0.316. The van der Waals surface area contributed by atoms with Crippen LogP contribution in [0.4, 0.5) is 5.69 Å². The molecular formula is C19H21NO3. The number of hydrogen-bond donors (Lipinski definition) is 0. The molecule has 0 unspecified atom stereocenters. The summed E-state index contributed by atoms with van der Waals surface area (Å²) in [6.07, 6.45) is 0.625. The monoisotopic (exact) mass is 311 g/mol. The van der Waals surface area contributed by atoms with E-state index in [1.54, 1.807) is 14.2 Å². The molecule has 0 saturated carbocycles. The van der Waals surface area contributed by atoms with Crippen LogP contribution >= 0.6 is 0 Å². The minimum absolute atomic E-state index is 0.159. The molecule has 0 aliphatic carbocycles. The van der Waals surface area contributed by atoms with Gasteiger partial charge in [-0.3, -0.25) is 4.79 Å². The molecule has 0 bridgehead atoms. The van der Waals surface area contributed by atoms with Gasteiger partial charge in [0.25, 0.3) is 0 Å². The lowest BCUT2D eigenvalue weighted by Crippen LogP contribution is -2.29. The highest BCUT2D eigenvalue weighted by atomic mass is 16.5. The van der Waals surface area contributed by atoms with Crippen molar-refractivity contribution in [1.29, 1.82) is 0 Å². The first-order valence-electron chi connectivity index (χ1n) is 7.80. The number of benzene rings is 2. The van der Waals surface area contributed by atoms with Gasteiger partial charge >= 0.3 is 0 Å². The van der Waals surface area contributed by atoms with Gasteiger partial charge in [0.2, 0.25) is 5.91 Å². The summed E-state index contributed by atoms with van der Waals surface area (Å²) in [5.74, 6) is 1.50. The molecule has 4 heteroatoms. The quantitative estimate of drug-likeness (QED) is 0.849. The highest BCUT2D eigenvalue weighted by Crippen LogP contribution is 2.40. The van der Waals surface area contributed by atoms with Gasteiger partial charge in [0.05, 0.1) is 20.1 Å². The number of fused-ring (bicyclic) bond motifs is 1. The van der Waals surface area contributed by atoms with E-state index in [4.69, 9.17) is 9.47 Å². The molecule has 0 spiro atoms. The normalized spacial score (nSPS) is 16.4. The fourth-order valence-electron chi connectivity index (χ4n) is 3.23. The molecule has 1 amide bonds. The molecule has 2 aromatic carbocycles. The van der Waals surface area contributed by atoms with Crippen LogP contribution in [0.5, 0.6) is 11.5 Å². The van der Waals surface area contributed by atoms with Crippen LogP contribution in [0.1, 0.15) is 24.0 Å². The molecule has 120 valence electrons. The minimum Gasteiger partial charge on any atom is -0.497 e. The topological polar surface area (TPSA) is 38.8 Å². The Kier molecular flexibility index (Phi) is 4.24. The molecule has 0 saturated heterocycles. The van der Waals surface area contributed by atoms with Gasteiger partial charge in [-0.15, -0.1) is 0 Å². The number of hydrogen-bond acceptors (Lipinski definition) is 3. The van der Waals surface area contributed by atoms with Gasteiger partial charge in [-0.25, -0.2) is 0 Å². The third-order valence-corrected chi connectivity index (χ3v) is 4.40. The SMILES string of the molecule is CCN1C(=O)[C@@H](Cc2ccc(OC)cc2OC)c2ccccc21. The van der Waals surface area contributed by atoms with Crippen molar-refractivity contribution in [3.05, 3.63) is 53.6 Å². The largest absolute Gasteiger partial charge is 0.497 e. The summed E-state index contributed by atoms with van der Waals surface area (Å²) < 4.78 is 10.7. The van der Waals surface area contributed by atoms with Crippen molar-refractivity contribution < 1.29 is 14.3 Å². The van der Waals surface area contributed by atoms with Crippen LogP contribution in [0.25, 0.3) is 0 Å². The second kappa shape index (κ2) is 6.32. The number of nitrogens with zero attached hydrogens (tertiary/aromatic N) is 1. The number of carbonyl (C=O) groups excluding carboxylic acids is 1. The fourth-order valence-corrected chi connectivity index (χ4v) is 3.23. The van der Waals surface area contributed by atoms with Crippen molar-refractivity contribution >= 4 is 11.6 Å². The Labute approximate surface area is 136 Å². The van der Waals surface area contributed by atoms with Crippen LogP contribution in [-0.4, -0.2) is 26.7 Å². The second-order valence-electron chi connectivity index (χ2n) is 5.58. The van der Waals surface area contributed by atoms with Crippen LogP contribution in [0.2, 0.25) is 0 Å². The summed E-state index contributed by atoms with van der Waals surface area (Å²) in [5, 5.41) is 0. The summed E-state index contributed by atoms with van der Waals surface area (Å²) in [6, 6.07) is 13.8. The van der Waals surface area contributed by atoms with E-state index < -0.39 is 0 Å². The molecule has 2 aromatic rings. The van der Waals surface area contributed by atoms with Crippen molar-refractivity contribution in [2.45, 2.75) is 19.3 Å². The van der Waals surface area contributed by atoms with Gasteiger partial charge in [0.1, 0.15) is 11.5 Å². The lowest BCUT2D eigenvalue weighted by Gasteiger charge is -2.16. The van der Waals surface area contributed by atoms with Gasteiger partial charge in [0, 0.05) is 18.3 Å². The number of rotatable bonds is 5. The molecule has 1 atom stereocenters. The maximum atomic E-state index is 12.8. The molecule has 0 fully saturated rings. The molecular weight excluding hydrogens is 290 g/mol. The molecule has 0 N–H and O–H groups in total. The van der Waals surface area contributed by atoms with Crippen molar-refractivity contribution in [3.63, 3.8) is 0 Å². The molecule has 4 nitrogen and oxygen atoms in total. The maximum absolute atomic E-state index is 12.8. The Balaban J connectivity index is 1.96. The molecule has 3 rings (SSSR count). The van der Waals surface area contributed by atoms with Crippen molar-refractivity contribution in [2.24, 2.45) is 0 Å². The third-order valence-electron chi connectivity index (χ3n) is 4.40. The zero-order valence-electron chi connectivity index (χ0n) is 13.7. The Morgan fingerprint density at radius 1 is 1.09 bits per heavy atom. The van der Waals surface area contributed by atoms with E-state index in [1.165, 1.54) is 0 Å². The number of ether oxygens (including phenoxy) is 2. The van der Waals surface area contributed by atoms with Crippen molar-refractivity contribution in [2.75, 3.05) is 25.7 Å². The first kappa shape index (κ1) is 15.4. The van der Waals surface area contributed by atoms with Crippen LogP contribution < -0.4 is 14.4 Å². The predicted molar refractivity (Wildman–Crippen MR) is 90.5 cm³/mol. The molecule has 1 aliphatic heterocycles. The van der Waals surface area contributed by atoms with E-state index in [1.807, 2.05) is 54.3 Å². The molecule has 23 heavy (non-hydrogen) atoms. The van der Waals surface area contributed by atoms with Crippen LogP contribution in [0, 0.1) is 0 Å². The average Bonchev–Trinajstić information content (AvgIpc) is 2.86. The highest BCUT2D eigenvalue weighted by Gasteiger charge is 2.36. The van der Waals surface area contributed by atoms with Gasteiger partial charge in [-0.1, -0.05) is 24.3 Å². The van der Waals surface area contributed by atoms with E-state index in [2.05, 4.69) is 0 Å². The average molecular weight is 311 g/mol. The van der Waals surface area contributed by atoms with Crippen LogP contribution in [-0.2, 0) is 11.2 Å². The number of likely N-dealkylation sites (N-methyl/N-ethyl adjacent to an activating group) is 1. The van der Waals surface area contributed by atoms with E-state index in [0.717, 1.165) is 28.3 Å². The number of amides is 1. The highest BCUT2D eigenvalue weighted by molar-refractivity contribution is 6.05. The molecule has 0 aromatic heterocycles. The lowest BCUT2D eigenvalue weighted by atomic mass is 9.93. The number of methoxy groups -OCH3 is 2. The Morgan fingerprint density at radius 3 is 2.57 bits per heavy atom. The van der Waals surface area contributed by atoms with Gasteiger partial charge < -0.3 is 14.4 Å². The Morgan fingerprint density at radius 2 is 1.87 bits per heavy atom. The van der Waals surface area contributed by atoms with Crippen LogP contribution in [0.3, 0.4) is 0 Å². The maximum Gasteiger partial charge on any atom is 0.234 e. The van der Waals surface area contributed by atoms with Gasteiger partial charge in [-0.05, 0) is 36.6 Å². The van der Waals surface area contributed by atoms with E-state index in [0.29, 0.717) is 13.0 Å². The number of carbonyl (C=O) groups is 1. The number of anilines is 1. The van der Waals surface area contributed by atoms with Crippen molar-refractivity contribution in [3.8, 4) is 11.5 Å². The predicted octanol–water partition coefficient (Wildman–Crippen LogP) is 3.40. The minimum atomic E-state index is -0.159. The molecule has 1 heterocycles. The molecule has 1 aliphatic rings. The first-order chi connectivity index (χ1) is 11.2. The van der Waals surface area contributed by atoms with Gasteiger partial charge in [-0.2, -0.15) is 0 Å². The van der Waals surface area contributed by atoms with E-state index in [9.17, 15) is 4.79 Å². The summed E-state index contributed by atoms with van der Waals surface area (Å²) in [6.45, 7) is 2.69. The second-order valence-corrected chi connectivity index (χ2v) is 5.58. The van der Waals surface area contributed by atoms with Crippen LogP contribution in [0.15, 0.2) is 42.5 Å². The zero-order valence-corrected chi connectivity index (χ0v) is 13.7. The Hall–Kier alpha value is -2.49. The molecule has 0 radical (unpaired) electrons. The summed E-state index contributed by atoms with van der Waals surface area (Å²) in [4.78, 5) is 14.6. The van der Waals surface area contributed by atoms with Gasteiger partial charge in [0.15, 0.2) is 0 Å². The summed E-state index contributed by atoms with van der Waals surface area (Å²) in [7, 11) is 3.27. The smallest absolute Gasteiger partial charge is 0.234 e. The van der Waals surface area contributed by atoms with E-state index >= 15 is 0 Å². The third kappa shape index (κ3) is 2.65. The number of para-hydroxylation sites is 1. The summed E-state index contributed by atoms with van der Waals surface area (Å²) >= 11 is 0. The first-order valence-corrected chi connectivity index (χ1v) is 7.80. The van der Waals surface area contributed by atoms with E-state index in [-0.39, 0.29) is 11.8 Å². The standard InChI is InChI=1S/C19H21NO3/c1-4-20-17-8-6-5-7-15(17)16(19(20)21)11-13-9-10-14(22-2)12-18(13)23-3/h5-10,12,16H,4,11H2,1-3H3/t16-/m0/s1.